The van der Waals surface area contributed by atoms with E-state index in [-0.39, 0.29) is 0 Å². The van der Waals surface area contributed by atoms with Gasteiger partial charge in [0.15, 0.2) is 0 Å². The van der Waals surface area contributed by atoms with Gasteiger partial charge in [-0.05, 0) is 76.2 Å². The van der Waals surface area contributed by atoms with Gasteiger partial charge in [0.25, 0.3) is 0 Å². The fraction of sp³-hybridized carbons (Fsp3) is 1.00. The summed E-state index contributed by atoms with van der Waals surface area (Å²) in [4.78, 5) is 2.71. The van der Waals surface area contributed by atoms with Gasteiger partial charge >= 0.3 is 0 Å². The van der Waals surface area contributed by atoms with E-state index in [0.29, 0.717) is 5.41 Å². The fourth-order valence-corrected chi connectivity index (χ4v) is 3.21. The van der Waals surface area contributed by atoms with Gasteiger partial charge in [0, 0.05) is 0 Å². The molecule has 17 heavy (non-hydrogen) atoms. The summed E-state index contributed by atoms with van der Waals surface area (Å²) in [5.74, 6) is 0.996. The van der Waals surface area contributed by atoms with Crippen molar-refractivity contribution in [2.75, 3.05) is 32.7 Å². The number of hydrogen-bond donors (Lipinski definition) is 1. The molecule has 0 aliphatic carbocycles. The van der Waals surface area contributed by atoms with Gasteiger partial charge in [0.2, 0.25) is 0 Å². The molecule has 0 saturated carbocycles. The second-order valence-electron chi connectivity index (χ2n) is 6.49. The highest BCUT2D eigenvalue weighted by atomic mass is 15.1. The SMILES string of the molecule is CCC1(C)CCN(CCC2CCNCC2)CC1. The lowest BCUT2D eigenvalue weighted by Gasteiger charge is -2.39. The maximum atomic E-state index is 3.46. The van der Waals surface area contributed by atoms with Crippen LogP contribution < -0.4 is 5.32 Å². The van der Waals surface area contributed by atoms with Crippen molar-refractivity contribution in [2.45, 2.75) is 52.4 Å². The van der Waals surface area contributed by atoms with Crippen molar-refractivity contribution in [3.05, 3.63) is 0 Å². The topological polar surface area (TPSA) is 15.3 Å². The van der Waals surface area contributed by atoms with Gasteiger partial charge in [0.1, 0.15) is 0 Å². The molecule has 2 saturated heterocycles. The number of rotatable bonds is 4. The average molecular weight is 238 g/mol. The molecule has 2 aliphatic rings. The zero-order valence-electron chi connectivity index (χ0n) is 11.8. The predicted octanol–water partition coefficient (Wildman–Crippen LogP) is 2.89. The molecule has 2 heteroatoms. The largest absolute Gasteiger partial charge is 0.317 e. The highest BCUT2D eigenvalue weighted by Gasteiger charge is 2.28. The van der Waals surface area contributed by atoms with Crippen LogP contribution >= 0.6 is 0 Å². The Kier molecular flexibility index (Phi) is 4.87. The second-order valence-corrected chi connectivity index (χ2v) is 6.49. The van der Waals surface area contributed by atoms with Crippen LogP contribution in [0.1, 0.15) is 52.4 Å². The summed E-state index contributed by atoms with van der Waals surface area (Å²) in [5.41, 5.74) is 0.644. The Hall–Kier alpha value is -0.0800. The second kappa shape index (κ2) is 6.19. The Morgan fingerprint density at radius 3 is 2.41 bits per heavy atom. The average Bonchev–Trinajstić information content (AvgIpc) is 2.39. The Morgan fingerprint density at radius 1 is 1.18 bits per heavy atom. The number of nitrogens with one attached hydrogen (secondary N) is 1. The first kappa shape index (κ1) is 13.4. The zero-order valence-corrected chi connectivity index (χ0v) is 11.8. The quantitative estimate of drug-likeness (QED) is 0.810. The number of nitrogens with zero attached hydrogens (tertiary/aromatic N) is 1. The summed E-state index contributed by atoms with van der Waals surface area (Å²) >= 11 is 0. The maximum absolute atomic E-state index is 3.46. The molecule has 0 aromatic carbocycles. The van der Waals surface area contributed by atoms with Crippen LogP contribution in [0.15, 0.2) is 0 Å². The minimum absolute atomic E-state index is 0.644. The monoisotopic (exact) mass is 238 g/mol. The van der Waals surface area contributed by atoms with Gasteiger partial charge in [-0.3, -0.25) is 0 Å². The molecule has 0 aromatic heterocycles. The first-order valence-corrected chi connectivity index (χ1v) is 7.65. The molecule has 2 fully saturated rings. The fourth-order valence-electron chi connectivity index (χ4n) is 3.21. The van der Waals surface area contributed by atoms with Crippen molar-refractivity contribution in [1.29, 1.82) is 0 Å². The van der Waals surface area contributed by atoms with Crippen molar-refractivity contribution in [3.8, 4) is 0 Å². The lowest BCUT2D eigenvalue weighted by atomic mass is 9.78. The van der Waals surface area contributed by atoms with Crippen LogP contribution in [0, 0.1) is 11.3 Å². The maximum Gasteiger partial charge on any atom is -0.00135 e. The third-order valence-electron chi connectivity index (χ3n) is 5.23. The van der Waals surface area contributed by atoms with Gasteiger partial charge < -0.3 is 10.2 Å². The van der Waals surface area contributed by atoms with Crippen LogP contribution in [-0.4, -0.2) is 37.6 Å². The molecule has 0 aromatic rings. The van der Waals surface area contributed by atoms with Gasteiger partial charge in [-0.1, -0.05) is 20.3 Å². The summed E-state index contributed by atoms with van der Waals surface area (Å²) in [6.45, 7) is 11.4. The number of piperidine rings is 2. The highest BCUT2D eigenvalue weighted by molar-refractivity contribution is 4.81. The lowest BCUT2D eigenvalue weighted by Crippen LogP contribution is -2.39. The molecule has 0 spiro atoms. The lowest BCUT2D eigenvalue weighted by molar-refractivity contribution is 0.108. The molecule has 2 heterocycles. The van der Waals surface area contributed by atoms with E-state index in [0.717, 1.165) is 5.92 Å². The van der Waals surface area contributed by atoms with Crippen molar-refractivity contribution >= 4 is 0 Å². The molecule has 1 N–H and O–H groups in total. The first-order valence-electron chi connectivity index (χ1n) is 7.65. The minimum Gasteiger partial charge on any atom is -0.317 e. The summed E-state index contributed by atoms with van der Waals surface area (Å²) in [5, 5.41) is 3.46. The van der Waals surface area contributed by atoms with Crippen LogP contribution in [-0.2, 0) is 0 Å². The standard InChI is InChI=1S/C15H30N2/c1-3-15(2)7-12-17(13-8-15)11-6-14-4-9-16-10-5-14/h14,16H,3-13H2,1-2H3. The Morgan fingerprint density at radius 2 is 1.82 bits per heavy atom. The van der Waals surface area contributed by atoms with Crippen molar-refractivity contribution < 1.29 is 0 Å². The Bertz CT molecular complexity index is 213. The molecular weight excluding hydrogens is 208 g/mol. The van der Waals surface area contributed by atoms with E-state index in [1.807, 2.05) is 0 Å². The summed E-state index contributed by atoms with van der Waals surface area (Å²) < 4.78 is 0. The summed E-state index contributed by atoms with van der Waals surface area (Å²) in [7, 11) is 0. The van der Waals surface area contributed by atoms with E-state index in [1.165, 1.54) is 71.2 Å². The third-order valence-corrected chi connectivity index (χ3v) is 5.23. The molecule has 2 rings (SSSR count). The van der Waals surface area contributed by atoms with E-state index in [4.69, 9.17) is 0 Å². The summed E-state index contributed by atoms with van der Waals surface area (Å²) in [6, 6.07) is 0. The van der Waals surface area contributed by atoms with Crippen molar-refractivity contribution in [2.24, 2.45) is 11.3 Å². The number of hydrogen-bond acceptors (Lipinski definition) is 2. The molecule has 2 nitrogen and oxygen atoms in total. The Balaban J connectivity index is 1.64. The van der Waals surface area contributed by atoms with Crippen LogP contribution in [0.2, 0.25) is 0 Å². The molecule has 0 atom stereocenters. The molecule has 0 unspecified atom stereocenters. The van der Waals surface area contributed by atoms with Crippen LogP contribution in [0.5, 0.6) is 0 Å². The van der Waals surface area contributed by atoms with Gasteiger partial charge in [0.05, 0.1) is 0 Å². The Labute approximate surface area is 107 Å². The van der Waals surface area contributed by atoms with E-state index in [2.05, 4.69) is 24.1 Å². The van der Waals surface area contributed by atoms with Gasteiger partial charge in [-0.25, -0.2) is 0 Å². The van der Waals surface area contributed by atoms with E-state index >= 15 is 0 Å². The van der Waals surface area contributed by atoms with Crippen molar-refractivity contribution in [3.63, 3.8) is 0 Å². The molecule has 2 aliphatic heterocycles. The number of likely N-dealkylation sites (tertiary alicyclic amines) is 1. The third kappa shape index (κ3) is 3.96. The van der Waals surface area contributed by atoms with E-state index in [1.54, 1.807) is 0 Å². The smallest absolute Gasteiger partial charge is 0.00135 e. The zero-order chi connectivity index (χ0) is 12.1. The predicted molar refractivity (Wildman–Crippen MR) is 74.3 cm³/mol. The van der Waals surface area contributed by atoms with E-state index < -0.39 is 0 Å². The van der Waals surface area contributed by atoms with Gasteiger partial charge in [-0.15, -0.1) is 0 Å². The van der Waals surface area contributed by atoms with Gasteiger partial charge in [-0.2, -0.15) is 0 Å². The molecule has 0 radical (unpaired) electrons. The first-order chi connectivity index (χ1) is 8.22. The highest BCUT2D eigenvalue weighted by Crippen LogP contribution is 2.34. The van der Waals surface area contributed by atoms with Crippen LogP contribution in [0.25, 0.3) is 0 Å². The van der Waals surface area contributed by atoms with Crippen LogP contribution in [0.3, 0.4) is 0 Å². The molecule has 0 amide bonds. The molecule has 0 bridgehead atoms. The summed E-state index contributed by atoms with van der Waals surface area (Å²) in [6.07, 6.45) is 8.42. The molecular formula is C15H30N2. The van der Waals surface area contributed by atoms with Crippen molar-refractivity contribution in [1.82, 2.24) is 10.2 Å². The molecule has 100 valence electrons. The minimum atomic E-state index is 0.644. The van der Waals surface area contributed by atoms with E-state index in [9.17, 15) is 0 Å². The normalized spacial score (nSPS) is 27.2. The van der Waals surface area contributed by atoms with Crippen LogP contribution in [0.4, 0.5) is 0 Å².